The third-order valence-corrected chi connectivity index (χ3v) is 2.90. The van der Waals surface area contributed by atoms with Gasteiger partial charge in [-0.3, -0.25) is 9.78 Å². The van der Waals surface area contributed by atoms with E-state index >= 15 is 0 Å². The molecule has 0 aliphatic rings. The van der Waals surface area contributed by atoms with Gasteiger partial charge in [0.1, 0.15) is 0 Å². The van der Waals surface area contributed by atoms with E-state index in [4.69, 9.17) is 5.73 Å². The smallest absolute Gasteiger partial charge is 0.230 e. The number of carbonyl (C=O) groups is 1. The monoisotopic (exact) mass is 356 g/mol. The van der Waals surface area contributed by atoms with Crippen LogP contribution in [0.4, 0.5) is 11.4 Å². The molecular weight excluding hydrogens is 335 g/mol. The predicted molar refractivity (Wildman–Crippen MR) is 99.3 cm³/mol. The number of anilines is 2. The number of aromatic nitrogens is 1. The molecule has 5 nitrogen and oxygen atoms in total. The van der Waals surface area contributed by atoms with Crippen LogP contribution >= 0.6 is 24.8 Å². The van der Waals surface area contributed by atoms with Gasteiger partial charge in [0.25, 0.3) is 0 Å². The average molecular weight is 357 g/mol. The minimum absolute atomic E-state index is 0. The van der Waals surface area contributed by atoms with Crippen LogP contribution in [-0.4, -0.2) is 29.9 Å². The molecule has 126 valence electrons. The maximum absolute atomic E-state index is 12.0. The number of hydrogen-bond donors (Lipinski definition) is 2. The zero-order valence-electron chi connectivity index (χ0n) is 13.2. The standard InChI is InChI=1S/C16H20N4O.2ClH/c1-20(2)11-12-4-3-5-15(8-12)19-16(21)9-14-7-6-13(17)10-18-14;;/h3-8,10H,9,11,17H2,1-2H3,(H,19,21);2*1H. The molecule has 1 amide bonds. The van der Waals surface area contributed by atoms with E-state index in [9.17, 15) is 4.79 Å². The first kappa shape index (κ1) is 21.2. The molecule has 2 aromatic rings. The van der Waals surface area contributed by atoms with Gasteiger partial charge in [0.15, 0.2) is 0 Å². The highest BCUT2D eigenvalue weighted by Gasteiger charge is 2.06. The molecule has 0 bridgehead atoms. The highest BCUT2D eigenvalue weighted by Crippen LogP contribution is 2.12. The van der Waals surface area contributed by atoms with Gasteiger partial charge in [-0.2, -0.15) is 0 Å². The molecule has 0 saturated heterocycles. The van der Waals surface area contributed by atoms with Gasteiger partial charge in [-0.15, -0.1) is 24.8 Å². The lowest BCUT2D eigenvalue weighted by Gasteiger charge is -2.11. The van der Waals surface area contributed by atoms with Crippen molar-refractivity contribution in [2.24, 2.45) is 0 Å². The maximum atomic E-state index is 12.0. The van der Waals surface area contributed by atoms with Crippen molar-refractivity contribution in [1.29, 1.82) is 0 Å². The zero-order valence-corrected chi connectivity index (χ0v) is 14.8. The highest BCUT2D eigenvalue weighted by atomic mass is 35.5. The predicted octanol–water partition coefficient (Wildman–Crippen LogP) is 2.75. The number of amides is 1. The molecule has 0 saturated carbocycles. The van der Waals surface area contributed by atoms with Gasteiger partial charge >= 0.3 is 0 Å². The molecule has 0 aliphatic carbocycles. The second-order valence-corrected chi connectivity index (χ2v) is 5.25. The van der Waals surface area contributed by atoms with Crippen molar-refractivity contribution in [3.63, 3.8) is 0 Å². The van der Waals surface area contributed by atoms with Crippen LogP contribution < -0.4 is 11.1 Å². The van der Waals surface area contributed by atoms with E-state index in [0.29, 0.717) is 11.4 Å². The van der Waals surface area contributed by atoms with Gasteiger partial charge in [0.05, 0.1) is 18.3 Å². The molecule has 2 rings (SSSR count). The molecule has 0 unspecified atom stereocenters. The SMILES string of the molecule is CN(C)Cc1cccc(NC(=O)Cc2ccc(N)cn2)c1.Cl.Cl. The maximum Gasteiger partial charge on any atom is 0.230 e. The van der Waals surface area contributed by atoms with Crippen molar-refractivity contribution >= 4 is 42.1 Å². The molecule has 3 N–H and O–H groups in total. The number of nitrogens with two attached hydrogens (primary N) is 1. The van der Waals surface area contributed by atoms with Crippen LogP contribution in [0.15, 0.2) is 42.6 Å². The summed E-state index contributed by atoms with van der Waals surface area (Å²) >= 11 is 0. The zero-order chi connectivity index (χ0) is 15.2. The summed E-state index contributed by atoms with van der Waals surface area (Å²) in [5.41, 5.74) is 8.82. The summed E-state index contributed by atoms with van der Waals surface area (Å²) in [5, 5.41) is 2.89. The van der Waals surface area contributed by atoms with Crippen LogP contribution in [0, 0.1) is 0 Å². The van der Waals surface area contributed by atoms with E-state index in [1.54, 1.807) is 18.3 Å². The number of rotatable bonds is 5. The molecule has 7 heteroatoms. The number of pyridine rings is 1. The first-order chi connectivity index (χ1) is 10.0. The Labute approximate surface area is 149 Å². The largest absolute Gasteiger partial charge is 0.397 e. The van der Waals surface area contributed by atoms with Crippen molar-refractivity contribution in [2.45, 2.75) is 13.0 Å². The number of nitrogens with zero attached hydrogens (tertiary/aromatic N) is 2. The van der Waals surface area contributed by atoms with Crippen LogP contribution in [0.2, 0.25) is 0 Å². The van der Waals surface area contributed by atoms with Gasteiger partial charge < -0.3 is 16.0 Å². The van der Waals surface area contributed by atoms with Crippen LogP contribution in [-0.2, 0) is 17.8 Å². The summed E-state index contributed by atoms with van der Waals surface area (Å²) in [7, 11) is 4.02. The van der Waals surface area contributed by atoms with Crippen molar-refractivity contribution in [1.82, 2.24) is 9.88 Å². The minimum Gasteiger partial charge on any atom is -0.397 e. The number of nitrogen functional groups attached to an aromatic ring is 1. The third kappa shape index (κ3) is 7.32. The Balaban J connectivity index is 0.00000242. The fraction of sp³-hybridized carbons (Fsp3) is 0.250. The number of carbonyl (C=O) groups excluding carboxylic acids is 1. The third-order valence-electron chi connectivity index (χ3n) is 2.90. The molecule has 1 aromatic heterocycles. The van der Waals surface area contributed by atoms with Crippen molar-refractivity contribution in [3.8, 4) is 0 Å². The lowest BCUT2D eigenvalue weighted by molar-refractivity contribution is -0.115. The first-order valence-corrected chi connectivity index (χ1v) is 6.77. The Hall–Kier alpha value is -1.82. The molecule has 0 atom stereocenters. The van der Waals surface area contributed by atoms with Gasteiger partial charge in [-0.1, -0.05) is 12.1 Å². The molecule has 0 radical (unpaired) electrons. The molecule has 0 spiro atoms. The lowest BCUT2D eigenvalue weighted by Crippen LogP contribution is -2.16. The van der Waals surface area contributed by atoms with Crippen molar-refractivity contribution in [3.05, 3.63) is 53.9 Å². The Morgan fingerprint density at radius 1 is 1.22 bits per heavy atom. The number of halogens is 2. The Morgan fingerprint density at radius 2 is 1.96 bits per heavy atom. The summed E-state index contributed by atoms with van der Waals surface area (Å²) in [6, 6.07) is 11.3. The normalized spacial score (nSPS) is 9.70. The van der Waals surface area contributed by atoms with Crippen LogP contribution in [0.3, 0.4) is 0 Å². The Morgan fingerprint density at radius 3 is 2.57 bits per heavy atom. The molecular formula is C16H22Cl2N4O. The summed E-state index contributed by atoms with van der Waals surface area (Å²) in [4.78, 5) is 18.2. The molecule has 0 aliphatic heterocycles. The fourth-order valence-electron chi connectivity index (χ4n) is 2.02. The van der Waals surface area contributed by atoms with Crippen LogP contribution in [0.5, 0.6) is 0 Å². The van der Waals surface area contributed by atoms with Crippen LogP contribution in [0.25, 0.3) is 0 Å². The summed E-state index contributed by atoms with van der Waals surface area (Å²) in [6.07, 6.45) is 1.79. The Bertz CT molecular complexity index is 618. The summed E-state index contributed by atoms with van der Waals surface area (Å²) < 4.78 is 0. The van der Waals surface area contributed by atoms with E-state index in [-0.39, 0.29) is 37.1 Å². The van der Waals surface area contributed by atoms with Gasteiger partial charge in [0.2, 0.25) is 5.91 Å². The number of hydrogen-bond acceptors (Lipinski definition) is 4. The number of nitrogens with one attached hydrogen (secondary N) is 1. The van der Waals surface area contributed by atoms with Crippen molar-refractivity contribution in [2.75, 3.05) is 25.1 Å². The second-order valence-electron chi connectivity index (χ2n) is 5.25. The topological polar surface area (TPSA) is 71.2 Å². The van der Waals surface area contributed by atoms with E-state index < -0.39 is 0 Å². The van der Waals surface area contributed by atoms with Crippen molar-refractivity contribution < 1.29 is 4.79 Å². The Kier molecular flexibility index (Phi) is 9.25. The minimum atomic E-state index is -0.0886. The van der Waals surface area contributed by atoms with E-state index in [1.807, 2.05) is 38.4 Å². The second kappa shape index (κ2) is 10.0. The molecule has 1 heterocycles. The van der Waals surface area contributed by atoms with E-state index in [1.165, 1.54) is 0 Å². The molecule has 0 fully saturated rings. The fourth-order valence-corrected chi connectivity index (χ4v) is 2.02. The molecule has 23 heavy (non-hydrogen) atoms. The highest BCUT2D eigenvalue weighted by molar-refractivity contribution is 5.92. The summed E-state index contributed by atoms with van der Waals surface area (Å²) in [5.74, 6) is -0.0886. The average Bonchev–Trinajstić information content (AvgIpc) is 2.41. The van der Waals surface area contributed by atoms with Gasteiger partial charge in [0, 0.05) is 17.9 Å². The quantitative estimate of drug-likeness (QED) is 0.863. The molecule has 1 aromatic carbocycles. The summed E-state index contributed by atoms with van der Waals surface area (Å²) in [6.45, 7) is 0.837. The van der Waals surface area contributed by atoms with Gasteiger partial charge in [-0.05, 0) is 43.9 Å². The van der Waals surface area contributed by atoms with E-state index in [0.717, 1.165) is 17.8 Å². The van der Waals surface area contributed by atoms with Crippen LogP contribution in [0.1, 0.15) is 11.3 Å². The van der Waals surface area contributed by atoms with Gasteiger partial charge in [-0.25, -0.2) is 0 Å². The first-order valence-electron chi connectivity index (χ1n) is 6.77. The lowest BCUT2D eigenvalue weighted by atomic mass is 10.2. The van der Waals surface area contributed by atoms with E-state index in [2.05, 4.69) is 15.2 Å². The number of benzene rings is 1.